The second-order valence-corrected chi connectivity index (χ2v) is 5.25. The number of aromatic nitrogens is 3. The van der Waals surface area contributed by atoms with Crippen molar-refractivity contribution in [2.24, 2.45) is 5.73 Å². The van der Waals surface area contributed by atoms with Gasteiger partial charge in [-0.05, 0) is 32.6 Å². The first kappa shape index (κ1) is 14.9. The van der Waals surface area contributed by atoms with Crippen molar-refractivity contribution in [3.05, 3.63) is 12.7 Å². The van der Waals surface area contributed by atoms with Crippen LogP contribution in [0, 0.1) is 0 Å². The van der Waals surface area contributed by atoms with Gasteiger partial charge in [0.1, 0.15) is 18.7 Å². The van der Waals surface area contributed by atoms with Gasteiger partial charge in [-0.2, -0.15) is 5.10 Å². The molecule has 1 unspecified atom stereocenters. The van der Waals surface area contributed by atoms with Crippen molar-refractivity contribution in [2.75, 3.05) is 13.2 Å². The van der Waals surface area contributed by atoms with Crippen LogP contribution in [0.4, 0.5) is 0 Å². The van der Waals surface area contributed by atoms with Gasteiger partial charge in [-0.3, -0.25) is 4.79 Å². The summed E-state index contributed by atoms with van der Waals surface area (Å²) in [4.78, 5) is 15.7. The van der Waals surface area contributed by atoms with E-state index in [1.54, 1.807) is 6.92 Å². The Morgan fingerprint density at radius 2 is 2.25 bits per heavy atom. The Morgan fingerprint density at radius 1 is 1.50 bits per heavy atom. The molecule has 0 aliphatic heterocycles. The molecule has 1 heterocycles. The molecule has 0 aromatic carbocycles. The molecule has 1 aromatic rings. The van der Waals surface area contributed by atoms with Crippen LogP contribution in [-0.4, -0.2) is 46.0 Å². The van der Waals surface area contributed by atoms with Crippen LogP contribution in [0.1, 0.15) is 38.6 Å². The maximum atomic E-state index is 11.9. The van der Waals surface area contributed by atoms with Gasteiger partial charge in [0.25, 0.3) is 0 Å². The largest absolute Gasteiger partial charge is 0.376 e. The number of rotatable bonds is 6. The third kappa shape index (κ3) is 4.28. The molecule has 0 radical (unpaired) electrons. The molecular weight excluding hydrogens is 258 g/mol. The molecule has 1 aliphatic rings. The first-order chi connectivity index (χ1) is 9.66. The highest BCUT2D eigenvalue weighted by atomic mass is 16.5. The number of carbonyl (C=O) groups is 1. The smallest absolute Gasteiger partial charge is 0.244 e. The van der Waals surface area contributed by atoms with Crippen LogP contribution >= 0.6 is 0 Å². The number of nitrogens with one attached hydrogen (secondary N) is 1. The summed E-state index contributed by atoms with van der Waals surface area (Å²) in [5.74, 6) is -0.0789. The lowest BCUT2D eigenvalue weighted by molar-refractivity contribution is -0.124. The van der Waals surface area contributed by atoms with E-state index in [2.05, 4.69) is 15.4 Å². The fourth-order valence-electron chi connectivity index (χ4n) is 2.34. The molecule has 0 spiro atoms. The average Bonchev–Trinajstić information content (AvgIpc) is 2.98. The van der Waals surface area contributed by atoms with Crippen LogP contribution in [0.25, 0.3) is 0 Å². The van der Waals surface area contributed by atoms with E-state index in [1.165, 1.54) is 17.3 Å². The zero-order valence-corrected chi connectivity index (χ0v) is 11.9. The lowest BCUT2D eigenvalue weighted by Gasteiger charge is -2.26. The highest BCUT2D eigenvalue weighted by Crippen LogP contribution is 2.19. The molecule has 0 saturated heterocycles. The van der Waals surface area contributed by atoms with E-state index in [0.29, 0.717) is 25.3 Å². The Labute approximate surface area is 118 Å². The van der Waals surface area contributed by atoms with Gasteiger partial charge in [0.2, 0.25) is 5.91 Å². The number of nitrogens with zero attached hydrogens (tertiary/aromatic N) is 3. The third-order valence-electron chi connectivity index (χ3n) is 3.69. The summed E-state index contributed by atoms with van der Waals surface area (Å²) in [6.45, 7) is 2.84. The van der Waals surface area contributed by atoms with E-state index in [-0.39, 0.29) is 11.9 Å². The predicted molar refractivity (Wildman–Crippen MR) is 73.9 cm³/mol. The quantitative estimate of drug-likeness (QED) is 0.728. The molecule has 2 rings (SSSR count). The van der Waals surface area contributed by atoms with Gasteiger partial charge in [0.05, 0.1) is 12.7 Å². The topological polar surface area (TPSA) is 95.1 Å². The van der Waals surface area contributed by atoms with E-state index in [0.717, 1.165) is 25.7 Å². The molecule has 1 amide bonds. The van der Waals surface area contributed by atoms with E-state index in [4.69, 9.17) is 10.5 Å². The molecule has 1 aliphatic carbocycles. The van der Waals surface area contributed by atoms with Crippen molar-refractivity contribution >= 4 is 5.91 Å². The Balaban J connectivity index is 1.60. The van der Waals surface area contributed by atoms with Crippen molar-refractivity contribution < 1.29 is 9.53 Å². The van der Waals surface area contributed by atoms with E-state index in [9.17, 15) is 4.79 Å². The van der Waals surface area contributed by atoms with Crippen LogP contribution in [0.3, 0.4) is 0 Å². The third-order valence-corrected chi connectivity index (χ3v) is 3.69. The number of hydrogen-bond donors (Lipinski definition) is 2. The number of nitrogens with two attached hydrogens (primary N) is 1. The molecule has 0 bridgehead atoms. The zero-order valence-electron chi connectivity index (χ0n) is 11.9. The maximum Gasteiger partial charge on any atom is 0.244 e. The van der Waals surface area contributed by atoms with E-state index >= 15 is 0 Å². The fraction of sp³-hybridized carbons (Fsp3) is 0.769. The Morgan fingerprint density at radius 3 is 2.90 bits per heavy atom. The molecule has 112 valence electrons. The zero-order chi connectivity index (χ0) is 14.4. The minimum Gasteiger partial charge on any atom is -0.376 e. The van der Waals surface area contributed by atoms with Crippen LogP contribution in [0.5, 0.6) is 0 Å². The van der Waals surface area contributed by atoms with Gasteiger partial charge in [0, 0.05) is 12.6 Å². The molecule has 1 fully saturated rings. The summed E-state index contributed by atoms with van der Waals surface area (Å²) in [7, 11) is 0. The second-order valence-electron chi connectivity index (χ2n) is 5.25. The van der Waals surface area contributed by atoms with Crippen molar-refractivity contribution in [3.63, 3.8) is 0 Å². The maximum absolute atomic E-state index is 11.9. The minimum absolute atomic E-state index is 0.0789. The average molecular weight is 281 g/mol. The van der Waals surface area contributed by atoms with Gasteiger partial charge in [-0.15, -0.1) is 0 Å². The van der Waals surface area contributed by atoms with Crippen molar-refractivity contribution in [3.8, 4) is 0 Å². The molecule has 20 heavy (non-hydrogen) atoms. The molecule has 7 nitrogen and oxygen atoms in total. The van der Waals surface area contributed by atoms with Crippen LogP contribution in [0.15, 0.2) is 12.7 Å². The highest BCUT2D eigenvalue weighted by Gasteiger charge is 2.19. The molecule has 1 saturated carbocycles. The van der Waals surface area contributed by atoms with Crippen molar-refractivity contribution in [1.82, 2.24) is 20.1 Å². The number of ether oxygens (including phenoxy) is 1. The van der Waals surface area contributed by atoms with Gasteiger partial charge in [-0.1, -0.05) is 0 Å². The van der Waals surface area contributed by atoms with E-state index in [1.807, 2.05) is 0 Å². The predicted octanol–water partition coefficient (Wildman–Crippen LogP) is 0.242. The number of carbonyl (C=O) groups excluding carboxylic acids is 1. The summed E-state index contributed by atoms with van der Waals surface area (Å²) < 4.78 is 7.27. The summed E-state index contributed by atoms with van der Waals surface area (Å²) in [5, 5.41) is 6.79. The Hall–Kier alpha value is -1.47. The molecule has 7 heteroatoms. The lowest BCUT2D eigenvalue weighted by atomic mass is 9.94. The summed E-state index contributed by atoms with van der Waals surface area (Å²) in [6.07, 6.45) is 7.34. The van der Waals surface area contributed by atoms with Gasteiger partial charge >= 0.3 is 0 Å². The Kier molecular flexibility index (Phi) is 5.49. The lowest BCUT2D eigenvalue weighted by Crippen LogP contribution is -2.35. The van der Waals surface area contributed by atoms with Gasteiger partial charge in [0.15, 0.2) is 0 Å². The van der Waals surface area contributed by atoms with Crippen molar-refractivity contribution in [1.29, 1.82) is 0 Å². The number of hydrogen-bond acceptors (Lipinski definition) is 5. The molecule has 3 N–H and O–H groups in total. The molecular formula is C13H23N5O2. The van der Waals surface area contributed by atoms with Crippen LogP contribution in [-0.2, 0) is 9.53 Å². The van der Waals surface area contributed by atoms with Gasteiger partial charge in [-0.25, -0.2) is 9.67 Å². The van der Waals surface area contributed by atoms with Crippen molar-refractivity contribution in [2.45, 2.75) is 50.8 Å². The van der Waals surface area contributed by atoms with Gasteiger partial charge < -0.3 is 15.8 Å². The summed E-state index contributed by atoms with van der Waals surface area (Å²) in [6, 6.07) is -0.0248. The summed E-state index contributed by atoms with van der Waals surface area (Å²) >= 11 is 0. The monoisotopic (exact) mass is 281 g/mol. The minimum atomic E-state index is -0.356. The normalized spacial score (nSPS) is 24.3. The highest BCUT2D eigenvalue weighted by molar-refractivity contribution is 5.79. The first-order valence-electron chi connectivity index (χ1n) is 7.16. The van der Waals surface area contributed by atoms with E-state index < -0.39 is 0 Å². The number of amides is 1. The molecule has 1 atom stereocenters. The van der Waals surface area contributed by atoms with Crippen LogP contribution in [0.2, 0.25) is 0 Å². The first-order valence-corrected chi connectivity index (χ1v) is 7.16. The molecule has 1 aromatic heterocycles. The Bertz CT molecular complexity index is 401. The fourth-order valence-corrected chi connectivity index (χ4v) is 2.34. The SMILES string of the molecule is CC(C(=O)NCCOC1CCC(N)CC1)n1cncn1. The summed E-state index contributed by atoms with van der Waals surface area (Å²) in [5.41, 5.74) is 5.85. The van der Waals surface area contributed by atoms with Crippen LogP contribution < -0.4 is 11.1 Å². The standard InChI is InChI=1S/C13H23N5O2/c1-10(18-9-15-8-17-18)13(19)16-6-7-20-12-4-2-11(14)3-5-12/h8-12H,2-7,14H2,1H3,(H,16,19). The second kappa shape index (κ2) is 7.35.